The molecular weight excluding hydrogens is 409 g/mol. The van der Waals surface area contributed by atoms with Crippen LogP contribution in [-0.4, -0.2) is 29.1 Å². The number of hydrogen-bond acceptors (Lipinski definition) is 4. The van der Waals surface area contributed by atoms with Crippen LogP contribution >= 0.6 is 0 Å². The Bertz CT molecular complexity index is 1120. The van der Waals surface area contributed by atoms with Crippen molar-refractivity contribution in [3.05, 3.63) is 99.5 Å². The second kappa shape index (κ2) is 9.44. The van der Waals surface area contributed by atoms with Crippen molar-refractivity contribution >= 4 is 5.91 Å². The van der Waals surface area contributed by atoms with Gasteiger partial charge in [0.1, 0.15) is 11.6 Å². The molecule has 0 saturated carbocycles. The van der Waals surface area contributed by atoms with Gasteiger partial charge >= 0.3 is 0 Å². The van der Waals surface area contributed by atoms with Crippen LogP contribution in [0.4, 0.5) is 4.39 Å². The third-order valence-electron chi connectivity index (χ3n) is 6.01. The van der Waals surface area contributed by atoms with Gasteiger partial charge in [-0.1, -0.05) is 42.5 Å². The van der Waals surface area contributed by atoms with Crippen molar-refractivity contribution in [1.82, 2.24) is 15.3 Å². The van der Waals surface area contributed by atoms with E-state index in [1.807, 2.05) is 30.3 Å². The van der Waals surface area contributed by atoms with E-state index in [0.29, 0.717) is 44.0 Å². The van der Waals surface area contributed by atoms with Crippen molar-refractivity contribution in [1.29, 1.82) is 0 Å². The number of carbonyl (C=O) groups is 1. The van der Waals surface area contributed by atoms with Gasteiger partial charge in [-0.25, -0.2) is 9.37 Å². The van der Waals surface area contributed by atoms with E-state index in [1.165, 1.54) is 18.2 Å². The molecule has 0 spiro atoms. The van der Waals surface area contributed by atoms with Gasteiger partial charge in [-0.05, 0) is 43.0 Å². The summed E-state index contributed by atoms with van der Waals surface area (Å²) in [5.74, 6) is 0.0406. The SMILES string of the molecule is Cc1nc(CC(NC(=O)C2(c3ccccc3)CCOCC2)c2ccc(F)cc2)cc(=O)[nH]1. The molecule has 1 amide bonds. The van der Waals surface area contributed by atoms with E-state index in [-0.39, 0.29) is 17.3 Å². The minimum atomic E-state index is -0.713. The number of carbonyl (C=O) groups excluding carboxylic acids is 1. The molecule has 1 saturated heterocycles. The van der Waals surface area contributed by atoms with Gasteiger partial charge in [-0.2, -0.15) is 0 Å². The molecule has 1 aliphatic heterocycles. The summed E-state index contributed by atoms with van der Waals surface area (Å²) in [7, 11) is 0. The van der Waals surface area contributed by atoms with Crippen LogP contribution < -0.4 is 10.9 Å². The number of aromatic amines is 1. The second-order valence-electron chi connectivity index (χ2n) is 8.16. The van der Waals surface area contributed by atoms with Crippen LogP contribution in [0, 0.1) is 12.7 Å². The van der Waals surface area contributed by atoms with Gasteiger partial charge in [0.05, 0.1) is 17.2 Å². The van der Waals surface area contributed by atoms with Crippen molar-refractivity contribution in [2.45, 2.75) is 37.6 Å². The Labute approximate surface area is 185 Å². The summed E-state index contributed by atoms with van der Waals surface area (Å²) >= 11 is 0. The van der Waals surface area contributed by atoms with Crippen molar-refractivity contribution in [2.75, 3.05) is 13.2 Å². The third kappa shape index (κ3) is 4.78. The Hall–Kier alpha value is -3.32. The number of hydrogen-bond donors (Lipinski definition) is 2. The molecule has 2 N–H and O–H groups in total. The lowest BCUT2D eigenvalue weighted by atomic mass is 9.73. The van der Waals surface area contributed by atoms with Crippen LogP contribution in [0.25, 0.3) is 0 Å². The number of aryl methyl sites for hydroxylation is 1. The molecule has 2 aromatic carbocycles. The molecule has 0 aliphatic carbocycles. The third-order valence-corrected chi connectivity index (χ3v) is 6.01. The molecule has 3 aromatic rings. The van der Waals surface area contributed by atoms with E-state index in [1.54, 1.807) is 19.1 Å². The zero-order valence-electron chi connectivity index (χ0n) is 17.9. The van der Waals surface area contributed by atoms with Crippen LogP contribution in [0.5, 0.6) is 0 Å². The van der Waals surface area contributed by atoms with E-state index >= 15 is 0 Å². The number of benzene rings is 2. The minimum Gasteiger partial charge on any atom is -0.381 e. The summed E-state index contributed by atoms with van der Waals surface area (Å²) in [6.07, 6.45) is 1.45. The normalized spacial score (nSPS) is 16.3. The van der Waals surface area contributed by atoms with E-state index in [9.17, 15) is 14.0 Å². The van der Waals surface area contributed by atoms with Crippen molar-refractivity contribution in [3.63, 3.8) is 0 Å². The maximum atomic E-state index is 13.8. The minimum absolute atomic E-state index is 0.108. The van der Waals surface area contributed by atoms with Gasteiger partial charge in [0.15, 0.2) is 0 Å². The first-order chi connectivity index (χ1) is 15.5. The second-order valence-corrected chi connectivity index (χ2v) is 8.16. The fraction of sp³-hybridized carbons (Fsp3) is 0.320. The molecule has 166 valence electrons. The molecule has 2 heterocycles. The number of halogens is 1. The largest absolute Gasteiger partial charge is 0.381 e. The monoisotopic (exact) mass is 435 g/mol. The molecule has 0 bridgehead atoms. The fourth-order valence-corrected chi connectivity index (χ4v) is 4.32. The Kier molecular flexibility index (Phi) is 6.46. The highest BCUT2D eigenvalue weighted by Crippen LogP contribution is 2.36. The van der Waals surface area contributed by atoms with Gasteiger partial charge in [0.25, 0.3) is 5.56 Å². The lowest BCUT2D eigenvalue weighted by Crippen LogP contribution is -2.49. The first-order valence-corrected chi connectivity index (χ1v) is 10.7. The zero-order chi connectivity index (χ0) is 22.6. The Balaban J connectivity index is 1.68. The molecule has 7 heteroatoms. The summed E-state index contributed by atoms with van der Waals surface area (Å²) in [6, 6.07) is 16.7. The van der Waals surface area contributed by atoms with Crippen LogP contribution in [-0.2, 0) is 21.4 Å². The molecule has 32 heavy (non-hydrogen) atoms. The topological polar surface area (TPSA) is 84.1 Å². The van der Waals surface area contributed by atoms with Crippen LogP contribution in [0.3, 0.4) is 0 Å². The number of rotatable bonds is 6. The van der Waals surface area contributed by atoms with E-state index < -0.39 is 11.5 Å². The number of H-pyrrole nitrogens is 1. The molecule has 6 nitrogen and oxygen atoms in total. The smallest absolute Gasteiger partial charge is 0.251 e. The van der Waals surface area contributed by atoms with E-state index in [0.717, 1.165) is 11.1 Å². The van der Waals surface area contributed by atoms with Gasteiger partial charge in [-0.15, -0.1) is 0 Å². The van der Waals surface area contributed by atoms with E-state index in [4.69, 9.17) is 4.74 Å². The highest BCUT2D eigenvalue weighted by Gasteiger charge is 2.42. The molecule has 1 fully saturated rings. The zero-order valence-corrected chi connectivity index (χ0v) is 17.9. The number of nitrogens with zero attached hydrogens (tertiary/aromatic N) is 1. The molecule has 1 aliphatic rings. The summed E-state index contributed by atoms with van der Waals surface area (Å²) < 4.78 is 19.1. The Morgan fingerprint density at radius 1 is 1.16 bits per heavy atom. The highest BCUT2D eigenvalue weighted by atomic mass is 19.1. The highest BCUT2D eigenvalue weighted by molar-refractivity contribution is 5.88. The predicted octanol–water partition coefficient (Wildman–Crippen LogP) is 3.37. The van der Waals surface area contributed by atoms with E-state index in [2.05, 4.69) is 15.3 Å². The average Bonchev–Trinajstić information content (AvgIpc) is 2.79. The Morgan fingerprint density at radius 2 is 1.84 bits per heavy atom. The molecule has 4 rings (SSSR count). The lowest BCUT2D eigenvalue weighted by Gasteiger charge is -2.37. The summed E-state index contributed by atoms with van der Waals surface area (Å²) in [5, 5.41) is 3.18. The van der Waals surface area contributed by atoms with Crippen LogP contribution in [0.2, 0.25) is 0 Å². The van der Waals surface area contributed by atoms with Crippen LogP contribution in [0.15, 0.2) is 65.5 Å². The predicted molar refractivity (Wildman–Crippen MR) is 119 cm³/mol. The number of aromatic nitrogens is 2. The van der Waals surface area contributed by atoms with Crippen molar-refractivity contribution in [2.24, 2.45) is 0 Å². The molecular formula is C25H26FN3O3. The maximum Gasteiger partial charge on any atom is 0.251 e. The summed E-state index contributed by atoms with van der Waals surface area (Å²) in [6.45, 7) is 2.71. The van der Waals surface area contributed by atoms with Crippen molar-refractivity contribution < 1.29 is 13.9 Å². The number of nitrogens with one attached hydrogen (secondary N) is 2. The molecule has 0 radical (unpaired) electrons. The standard InChI is InChI=1S/C25H26FN3O3/c1-17-27-21(16-23(30)28-17)15-22(18-7-9-20(26)10-8-18)29-24(31)25(11-13-32-14-12-25)19-5-3-2-4-6-19/h2-10,16,22H,11-15H2,1H3,(H,29,31)(H,27,28,30). The maximum absolute atomic E-state index is 13.8. The lowest BCUT2D eigenvalue weighted by molar-refractivity contribution is -0.131. The first-order valence-electron chi connectivity index (χ1n) is 10.7. The number of ether oxygens (including phenoxy) is 1. The van der Waals surface area contributed by atoms with Crippen molar-refractivity contribution in [3.8, 4) is 0 Å². The van der Waals surface area contributed by atoms with Gasteiger partial charge in [-0.3, -0.25) is 9.59 Å². The van der Waals surface area contributed by atoms with Gasteiger partial charge in [0.2, 0.25) is 5.91 Å². The first kappa shape index (κ1) is 21.9. The quantitative estimate of drug-likeness (QED) is 0.622. The van der Waals surface area contributed by atoms with Gasteiger partial charge < -0.3 is 15.0 Å². The molecule has 1 unspecified atom stereocenters. The molecule has 1 atom stereocenters. The summed E-state index contributed by atoms with van der Waals surface area (Å²) in [4.78, 5) is 32.7. The van der Waals surface area contributed by atoms with Crippen LogP contribution in [0.1, 0.15) is 41.5 Å². The van der Waals surface area contributed by atoms with Gasteiger partial charge in [0, 0.05) is 25.7 Å². The Morgan fingerprint density at radius 3 is 2.50 bits per heavy atom. The molecule has 1 aromatic heterocycles. The fourth-order valence-electron chi connectivity index (χ4n) is 4.32. The number of amides is 1. The average molecular weight is 435 g/mol. The summed E-state index contributed by atoms with van der Waals surface area (Å²) in [5.41, 5.74) is 1.29.